The molecule has 0 aliphatic heterocycles. The number of carbonyl (C=O) groups is 2. The highest BCUT2D eigenvalue weighted by Gasteiger charge is 2.12. The quantitative estimate of drug-likeness (QED) is 0.403. The predicted molar refractivity (Wildman–Crippen MR) is 117 cm³/mol. The summed E-state index contributed by atoms with van der Waals surface area (Å²) in [5.74, 6) is 5.46. The number of ether oxygens (including phenoxy) is 1. The molecule has 0 aliphatic rings. The first-order chi connectivity index (χ1) is 15.1. The SMILES string of the molecule is COC(=O)c1cccc(C#Cc2cccc(NC(=O)Cc3noc4ccccc34)c2)c1. The number of hydrogen-bond acceptors (Lipinski definition) is 5. The van der Waals surface area contributed by atoms with Crippen molar-refractivity contribution in [3.8, 4) is 11.8 Å². The van der Waals surface area contributed by atoms with Crippen molar-refractivity contribution in [2.75, 3.05) is 12.4 Å². The number of fused-ring (bicyclic) bond motifs is 1. The van der Waals surface area contributed by atoms with Crippen LogP contribution in [0.25, 0.3) is 11.0 Å². The summed E-state index contributed by atoms with van der Waals surface area (Å²) in [6.45, 7) is 0. The van der Waals surface area contributed by atoms with Crippen molar-refractivity contribution in [2.45, 2.75) is 6.42 Å². The summed E-state index contributed by atoms with van der Waals surface area (Å²) < 4.78 is 9.98. The molecule has 0 fully saturated rings. The normalized spacial score (nSPS) is 10.2. The van der Waals surface area contributed by atoms with Crippen LogP contribution >= 0.6 is 0 Å². The third-order valence-corrected chi connectivity index (χ3v) is 4.56. The number of methoxy groups -OCH3 is 1. The van der Waals surface area contributed by atoms with E-state index in [4.69, 9.17) is 9.26 Å². The largest absolute Gasteiger partial charge is 0.465 e. The maximum absolute atomic E-state index is 12.5. The van der Waals surface area contributed by atoms with E-state index in [9.17, 15) is 9.59 Å². The number of nitrogens with one attached hydrogen (secondary N) is 1. The molecular weight excluding hydrogens is 392 g/mol. The summed E-state index contributed by atoms with van der Waals surface area (Å²) >= 11 is 0. The van der Waals surface area contributed by atoms with Crippen molar-refractivity contribution in [3.63, 3.8) is 0 Å². The molecule has 0 bridgehead atoms. The average Bonchev–Trinajstić information content (AvgIpc) is 3.20. The monoisotopic (exact) mass is 410 g/mol. The number of esters is 1. The molecule has 0 unspecified atom stereocenters. The van der Waals surface area contributed by atoms with E-state index in [-0.39, 0.29) is 12.3 Å². The summed E-state index contributed by atoms with van der Waals surface area (Å²) in [6.07, 6.45) is 0.104. The Bertz CT molecular complexity index is 1330. The number of aromatic nitrogens is 1. The minimum absolute atomic E-state index is 0.104. The third-order valence-electron chi connectivity index (χ3n) is 4.56. The van der Waals surface area contributed by atoms with Crippen LogP contribution < -0.4 is 5.32 Å². The zero-order chi connectivity index (χ0) is 21.6. The first-order valence-corrected chi connectivity index (χ1v) is 9.56. The fourth-order valence-corrected chi connectivity index (χ4v) is 3.08. The third kappa shape index (κ3) is 4.80. The molecule has 31 heavy (non-hydrogen) atoms. The van der Waals surface area contributed by atoms with Gasteiger partial charge in [-0.15, -0.1) is 0 Å². The van der Waals surface area contributed by atoms with Crippen LogP contribution in [0.2, 0.25) is 0 Å². The summed E-state index contributed by atoms with van der Waals surface area (Å²) in [6, 6.07) is 21.6. The second-order valence-electron chi connectivity index (χ2n) is 6.75. The van der Waals surface area contributed by atoms with E-state index in [1.54, 1.807) is 30.3 Å². The molecule has 1 aromatic heterocycles. The van der Waals surface area contributed by atoms with Crippen molar-refractivity contribution in [1.29, 1.82) is 0 Å². The lowest BCUT2D eigenvalue weighted by atomic mass is 10.1. The number of amides is 1. The Morgan fingerprint density at radius 3 is 2.52 bits per heavy atom. The van der Waals surface area contributed by atoms with Gasteiger partial charge in [0, 0.05) is 22.2 Å². The maximum atomic E-state index is 12.5. The number of benzene rings is 3. The summed E-state index contributed by atoms with van der Waals surface area (Å²) in [4.78, 5) is 24.1. The second-order valence-corrected chi connectivity index (χ2v) is 6.75. The molecule has 0 saturated carbocycles. The highest BCUT2D eigenvalue weighted by atomic mass is 16.5. The van der Waals surface area contributed by atoms with Gasteiger partial charge in [-0.3, -0.25) is 4.79 Å². The van der Waals surface area contributed by atoms with Crippen LogP contribution in [-0.4, -0.2) is 24.1 Å². The molecule has 6 nitrogen and oxygen atoms in total. The molecule has 152 valence electrons. The first-order valence-electron chi connectivity index (χ1n) is 9.56. The van der Waals surface area contributed by atoms with Crippen LogP contribution in [0.3, 0.4) is 0 Å². The smallest absolute Gasteiger partial charge is 0.337 e. The molecule has 0 atom stereocenters. The topological polar surface area (TPSA) is 81.4 Å². The molecule has 1 heterocycles. The molecule has 1 amide bonds. The minimum Gasteiger partial charge on any atom is -0.465 e. The van der Waals surface area contributed by atoms with Gasteiger partial charge in [-0.2, -0.15) is 0 Å². The fourth-order valence-electron chi connectivity index (χ4n) is 3.08. The van der Waals surface area contributed by atoms with Crippen molar-refractivity contribution in [2.24, 2.45) is 0 Å². The van der Waals surface area contributed by atoms with E-state index in [1.807, 2.05) is 42.5 Å². The zero-order valence-corrected chi connectivity index (χ0v) is 16.7. The Morgan fingerprint density at radius 2 is 1.71 bits per heavy atom. The Morgan fingerprint density at radius 1 is 0.968 bits per heavy atom. The van der Waals surface area contributed by atoms with E-state index in [1.165, 1.54) is 7.11 Å². The average molecular weight is 410 g/mol. The molecule has 0 aliphatic carbocycles. The van der Waals surface area contributed by atoms with Crippen LogP contribution in [0.4, 0.5) is 5.69 Å². The molecule has 6 heteroatoms. The van der Waals surface area contributed by atoms with E-state index in [0.29, 0.717) is 28.1 Å². The van der Waals surface area contributed by atoms with E-state index in [0.717, 1.165) is 10.9 Å². The number of carbonyl (C=O) groups excluding carboxylic acids is 2. The lowest BCUT2D eigenvalue weighted by Gasteiger charge is -2.04. The van der Waals surface area contributed by atoms with Gasteiger partial charge in [0.05, 0.1) is 19.1 Å². The van der Waals surface area contributed by atoms with Crippen molar-refractivity contribution >= 4 is 28.5 Å². The standard InChI is InChI=1S/C25H18N2O4/c1-30-25(29)19-8-4-6-17(14-19)12-13-18-7-5-9-20(15-18)26-24(28)16-22-21-10-2-3-11-23(21)31-27-22/h2-11,14-15H,16H2,1H3,(H,26,28). The Hall–Kier alpha value is -4.37. The van der Waals surface area contributed by atoms with Gasteiger partial charge in [0.25, 0.3) is 0 Å². The number of nitrogens with zero attached hydrogens (tertiary/aromatic N) is 1. The lowest BCUT2D eigenvalue weighted by Crippen LogP contribution is -2.14. The van der Waals surface area contributed by atoms with E-state index < -0.39 is 5.97 Å². The van der Waals surface area contributed by atoms with E-state index >= 15 is 0 Å². The molecule has 0 spiro atoms. The molecule has 0 saturated heterocycles. The number of para-hydroxylation sites is 1. The summed E-state index contributed by atoms with van der Waals surface area (Å²) in [5.41, 5.74) is 3.74. The molecular formula is C25H18N2O4. The fraction of sp³-hybridized carbons (Fsp3) is 0.0800. The van der Waals surface area contributed by atoms with Crippen LogP contribution in [0.15, 0.2) is 77.3 Å². The number of rotatable bonds is 4. The van der Waals surface area contributed by atoms with Gasteiger partial charge in [0.1, 0.15) is 5.69 Å². The highest BCUT2D eigenvalue weighted by Crippen LogP contribution is 2.19. The summed E-state index contributed by atoms with van der Waals surface area (Å²) in [7, 11) is 1.34. The van der Waals surface area contributed by atoms with Gasteiger partial charge in [-0.1, -0.05) is 41.3 Å². The molecule has 1 N–H and O–H groups in total. The van der Waals surface area contributed by atoms with Gasteiger partial charge in [-0.25, -0.2) is 4.79 Å². The van der Waals surface area contributed by atoms with Gasteiger partial charge < -0.3 is 14.6 Å². The van der Waals surface area contributed by atoms with Crippen LogP contribution in [0.5, 0.6) is 0 Å². The molecule has 4 aromatic rings. The summed E-state index contributed by atoms with van der Waals surface area (Å²) in [5, 5.41) is 7.68. The zero-order valence-electron chi connectivity index (χ0n) is 16.7. The minimum atomic E-state index is -0.409. The Balaban J connectivity index is 1.46. The Kier molecular flexibility index (Phi) is 5.77. The lowest BCUT2D eigenvalue weighted by molar-refractivity contribution is -0.115. The first kappa shape index (κ1) is 19.9. The van der Waals surface area contributed by atoms with Gasteiger partial charge in [0.2, 0.25) is 5.91 Å². The van der Waals surface area contributed by atoms with Crippen LogP contribution in [0.1, 0.15) is 27.2 Å². The Labute approximate surface area is 178 Å². The highest BCUT2D eigenvalue weighted by molar-refractivity contribution is 5.94. The molecule has 4 rings (SSSR count). The van der Waals surface area contributed by atoms with E-state index in [2.05, 4.69) is 22.3 Å². The van der Waals surface area contributed by atoms with Crippen LogP contribution in [0, 0.1) is 11.8 Å². The molecule has 3 aromatic carbocycles. The van der Waals surface area contributed by atoms with Crippen LogP contribution in [-0.2, 0) is 16.0 Å². The van der Waals surface area contributed by atoms with Gasteiger partial charge >= 0.3 is 5.97 Å². The second kappa shape index (κ2) is 8.97. The maximum Gasteiger partial charge on any atom is 0.337 e. The number of anilines is 1. The number of hydrogen-bond donors (Lipinski definition) is 1. The predicted octanol–water partition coefficient (Wildman–Crippen LogP) is 4.20. The molecule has 0 radical (unpaired) electrons. The van der Waals surface area contributed by atoms with Crippen molar-refractivity contribution in [3.05, 3.63) is 95.2 Å². The van der Waals surface area contributed by atoms with Crippen molar-refractivity contribution in [1.82, 2.24) is 5.16 Å². The van der Waals surface area contributed by atoms with Gasteiger partial charge in [-0.05, 0) is 48.5 Å². The van der Waals surface area contributed by atoms with Gasteiger partial charge in [0.15, 0.2) is 5.58 Å². The van der Waals surface area contributed by atoms with Crippen molar-refractivity contribution < 1.29 is 18.8 Å².